The Hall–Kier alpha value is -1.68. The van der Waals surface area contributed by atoms with Gasteiger partial charge < -0.3 is 19.1 Å². The van der Waals surface area contributed by atoms with Crippen LogP contribution >= 0.6 is 34.4 Å². The second-order valence-electron chi connectivity index (χ2n) is 6.02. The van der Waals surface area contributed by atoms with Crippen LogP contribution in [-0.4, -0.2) is 35.9 Å². The smallest absolute Gasteiger partial charge is 0.338 e. The molecule has 0 amide bonds. The van der Waals surface area contributed by atoms with E-state index in [9.17, 15) is 4.79 Å². The molecule has 0 bridgehead atoms. The first-order chi connectivity index (χ1) is 13.5. The molecule has 150 valence electrons. The highest BCUT2D eigenvalue weighted by atomic mass is 127. The highest BCUT2D eigenvalue weighted by Crippen LogP contribution is 2.44. The van der Waals surface area contributed by atoms with E-state index < -0.39 is 0 Å². The maximum atomic E-state index is 12.8. The molecule has 0 aromatic heterocycles. The Morgan fingerprint density at radius 2 is 1.96 bits per heavy atom. The fraction of sp³-hybridized carbons (Fsp3) is 0.400. The lowest BCUT2D eigenvalue weighted by Crippen LogP contribution is -2.34. The predicted octanol–water partition coefficient (Wildman–Crippen LogP) is 4.86. The minimum Gasteiger partial charge on any atom is -0.490 e. The number of halogens is 1. The van der Waals surface area contributed by atoms with Gasteiger partial charge in [0, 0.05) is 6.20 Å². The topological polar surface area (TPSA) is 60.4 Å². The van der Waals surface area contributed by atoms with Crippen molar-refractivity contribution >= 4 is 45.5 Å². The Morgan fingerprint density at radius 3 is 2.64 bits per heavy atom. The molecule has 2 heterocycles. The normalized spacial score (nSPS) is 18.1. The zero-order valence-corrected chi connectivity index (χ0v) is 19.3. The summed E-state index contributed by atoms with van der Waals surface area (Å²) in [6.45, 7) is 8.93. The molecule has 0 saturated carbocycles. The first-order valence-electron chi connectivity index (χ1n) is 9.19. The van der Waals surface area contributed by atoms with Gasteiger partial charge in [0.15, 0.2) is 16.7 Å². The summed E-state index contributed by atoms with van der Waals surface area (Å²) < 4.78 is 17.9. The number of allylic oxidation sites excluding steroid dienone is 1. The third kappa shape index (κ3) is 4.03. The Morgan fingerprint density at radius 1 is 1.21 bits per heavy atom. The monoisotopic (exact) mass is 514 g/mol. The summed E-state index contributed by atoms with van der Waals surface area (Å²) in [4.78, 5) is 19.4. The van der Waals surface area contributed by atoms with Crippen molar-refractivity contribution in [1.29, 1.82) is 0 Å². The van der Waals surface area contributed by atoms with E-state index in [2.05, 4.69) is 27.6 Å². The van der Waals surface area contributed by atoms with Gasteiger partial charge in [-0.1, -0.05) is 11.8 Å². The van der Waals surface area contributed by atoms with E-state index >= 15 is 0 Å². The molecular weight excluding hydrogens is 491 g/mol. The number of hydrogen-bond donors (Lipinski definition) is 0. The number of rotatable bonds is 7. The van der Waals surface area contributed by atoms with Gasteiger partial charge in [0.05, 0.1) is 40.7 Å². The molecular formula is C20H23IN2O4S. The highest BCUT2D eigenvalue weighted by Gasteiger charge is 2.38. The Kier molecular flexibility index (Phi) is 6.92. The molecule has 1 aromatic rings. The summed E-state index contributed by atoms with van der Waals surface area (Å²) in [5.74, 6) is 1.05. The van der Waals surface area contributed by atoms with Crippen LogP contribution in [0.5, 0.6) is 11.5 Å². The summed E-state index contributed by atoms with van der Waals surface area (Å²) in [6.07, 6.45) is 1.95. The first kappa shape index (κ1) is 21.0. The summed E-state index contributed by atoms with van der Waals surface area (Å²) in [5.41, 5.74) is 2.14. The molecule has 3 rings (SSSR count). The fourth-order valence-corrected chi connectivity index (χ4v) is 4.76. The molecule has 0 fully saturated rings. The van der Waals surface area contributed by atoms with E-state index in [1.165, 1.54) is 11.8 Å². The van der Waals surface area contributed by atoms with Crippen molar-refractivity contribution in [3.05, 3.63) is 44.1 Å². The van der Waals surface area contributed by atoms with E-state index in [0.29, 0.717) is 36.8 Å². The van der Waals surface area contributed by atoms with Crippen LogP contribution in [0.15, 0.2) is 40.0 Å². The van der Waals surface area contributed by atoms with Crippen LogP contribution in [-0.2, 0) is 9.53 Å². The largest absolute Gasteiger partial charge is 0.490 e. The zero-order chi connectivity index (χ0) is 20.3. The average molecular weight is 514 g/mol. The van der Waals surface area contributed by atoms with Gasteiger partial charge in [-0.05, 0) is 73.4 Å². The molecule has 0 saturated heterocycles. The van der Waals surface area contributed by atoms with Gasteiger partial charge in [-0.15, -0.1) is 0 Å². The third-order valence-electron chi connectivity index (χ3n) is 4.25. The minimum absolute atomic E-state index is 0.314. The number of amidine groups is 1. The first-order valence-corrected chi connectivity index (χ1v) is 11.1. The molecule has 0 spiro atoms. The molecule has 8 heteroatoms. The number of ether oxygens (including phenoxy) is 3. The highest BCUT2D eigenvalue weighted by molar-refractivity contribution is 14.1. The van der Waals surface area contributed by atoms with Gasteiger partial charge in [0.1, 0.15) is 0 Å². The number of nitrogens with zero attached hydrogens (tertiary/aromatic N) is 2. The van der Waals surface area contributed by atoms with Crippen LogP contribution in [0.25, 0.3) is 0 Å². The molecule has 28 heavy (non-hydrogen) atoms. The summed E-state index contributed by atoms with van der Waals surface area (Å²) in [5, 5.41) is 2.81. The van der Waals surface area contributed by atoms with Gasteiger partial charge in [-0.2, -0.15) is 0 Å². The molecule has 0 radical (unpaired) electrons. The number of fused-ring (bicyclic) bond motifs is 1. The quantitative estimate of drug-likeness (QED) is 0.383. The average Bonchev–Trinajstić information content (AvgIpc) is 3.11. The summed E-state index contributed by atoms with van der Waals surface area (Å²) in [6, 6.07) is 3.65. The van der Waals surface area contributed by atoms with Crippen LogP contribution in [0.2, 0.25) is 0 Å². The van der Waals surface area contributed by atoms with Crippen LogP contribution in [0.4, 0.5) is 0 Å². The molecule has 2 aliphatic heterocycles. The lowest BCUT2D eigenvalue weighted by atomic mass is 9.94. The van der Waals surface area contributed by atoms with Crippen molar-refractivity contribution in [2.24, 2.45) is 4.99 Å². The van der Waals surface area contributed by atoms with Gasteiger partial charge in [-0.25, -0.2) is 9.79 Å². The number of esters is 1. The maximum absolute atomic E-state index is 12.8. The molecule has 2 aliphatic rings. The number of carbonyl (C=O) groups is 1. The third-order valence-corrected chi connectivity index (χ3v) is 5.82. The summed E-state index contributed by atoms with van der Waals surface area (Å²) in [7, 11) is 0. The van der Waals surface area contributed by atoms with Crippen molar-refractivity contribution in [3.8, 4) is 11.5 Å². The van der Waals surface area contributed by atoms with E-state index in [-0.39, 0.29) is 12.0 Å². The maximum Gasteiger partial charge on any atom is 0.338 e. The Balaban J connectivity index is 2.14. The molecule has 1 aromatic carbocycles. The Labute approximate surface area is 183 Å². The molecule has 0 aliphatic carbocycles. The molecule has 6 nitrogen and oxygen atoms in total. The van der Waals surface area contributed by atoms with Crippen molar-refractivity contribution in [2.45, 2.75) is 33.7 Å². The molecule has 1 atom stereocenters. The number of hydrogen-bond acceptors (Lipinski definition) is 7. The molecule has 0 unspecified atom stereocenters. The van der Waals surface area contributed by atoms with E-state index in [0.717, 1.165) is 20.1 Å². The summed E-state index contributed by atoms with van der Waals surface area (Å²) >= 11 is 3.78. The fourth-order valence-electron chi connectivity index (χ4n) is 3.19. The van der Waals surface area contributed by atoms with E-state index in [1.807, 2.05) is 49.4 Å². The standard InChI is InChI=1S/C20H23IN2O4S/c1-5-25-15-11-13(10-14(21)18(15)26-6-2)17-16(19(24)27-7-3)12(4)22-20-23(17)8-9-28-20/h8-11,17H,5-7H2,1-4H3/t17-/m1/s1. The number of carbonyl (C=O) groups excluding carboxylic acids is 1. The minimum atomic E-state index is -0.347. The van der Waals surface area contributed by atoms with Crippen LogP contribution in [0.3, 0.4) is 0 Å². The van der Waals surface area contributed by atoms with Crippen LogP contribution < -0.4 is 9.47 Å². The zero-order valence-electron chi connectivity index (χ0n) is 16.3. The number of benzene rings is 1. The van der Waals surface area contributed by atoms with Gasteiger partial charge in [0.2, 0.25) is 0 Å². The molecule has 0 N–H and O–H groups in total. The second-order valence-corrected chi connectivity index (χ2v) is 8.06. The predicted molar refractivity (Wildman–Crippen MR) is 120 cm³/mol. The Bertz CT molecular complexity index is 866. The van der Waals surface area contributed by atoms with Crippen molar-refractivity contribution in [2.75, 3.05) is 19.8 Å². The van der Waals surface area contributed by atoms with E-state index in [4.69, 9.17) is 14.2 Å². The number of thioether (sulfide) groups is 1. The van der Waals surface area contributed by atoms with Crippen molar-refractivity contribution < 1.29 is 19.0 Å². The lowest BCUT2D eigenvalue weighted by molar-refractivity contribution is -0.139. The number of aliphatic imine (C=N–C) groups is 1. The SMILES string of the molecule is CCOC(=O)C1=C(C)N=C2SC=CN2[C@@H]1c1cc(I)c(OCC)c(OCC)c1. The lowest BCUT2D eigenvalue weighted by Gasteiger charge is -2.33. The second kappa shape index (κ2) is 9.21. The van der Waals surface area contributed by atoms with Gasteiger partial charge >= 0.3 is 5.97 Å². The van der Waals surface area contributed by atoms with Crippen LogP contribution in [0.1, 0.15) is 39.3 Å². The van der Waals surface area contributed by atoms with Crippen LogP contribution in [0, 0.1) is 3.57 Å². The van der Waals surface area contributed by atoms with Crippen molar-refractivity contribution in [3.63, 3.8) is 0 Å². The van der Waals surface area contributed by atoms with E-state index in [1.54, 1.807) is 6.92 Å². The van der Waals surface area contributed by atoms with Gasteiger partial charge in [0.25, 0.3) is 0 Å². The van der Waals surface area contributed by atoms with Crippen molar-refractivity contribution in [1.82, 2.24) is 4.90 Å². The van der Waals surface area contributed by atoms with Gasteiger partial charge in [-0.3, -0.25) is 0 Å².